The van der Waals surface area contributed by atoms with Crippen LogP contribution in [0, 0.1) is 17.1 Å². The number of hydrogen-bond acceptors (Lipinski definition) is 3. The van der Waals surface area contributed by atoms with Gasteiger partial charge in [0.15, 0.2) is 0 Å². The molecule has 1 amide bonds. The van der Waals surface area contributed by atoms with E-state index in [9.17, 15) is 9.18 Å². The van der Waals surface area contributed by atoms with Gasteiger partial charge in [0, 0.05) is 25.6 Å². The smallest absolute Gasteiger partial charge is 0.221 e. The third kappa shape index (κ3) is 4.34. The molecule has 0 aliphatic heterocycles. The zero-order valence-electron chi connectivity index (χ0n) is 10.6. The number of nitrogens with one attached hydrogen (secondary N) is 2. The van der Waals surface area contributed by atoms with Crippen molar-refractivity contribution in [2.24, 2.45) is 0 Å². The zero-order chi connectivity index (χ0) is 13.7. The van der Waals surface area contributed by atoms with Crippen molar-refractivity contribution in [3.05, 3.63) is 35.1 Å². The van der Waals surface area contributed by atoms with Gasteiger partial charge in [-0.05, 0) is 30.5 Å². The van der Waals surface area contributed by atoms with Gasteiger partial charge in [-0.2, -0.15) is 5.26 Å². The second kappa shape index (κ2) is 6.30. The van der Waals surface area contributed by atoms with Crippen molar-refractivity contribution in [3.8, 4) is 6.07 Å². The Labute approximate surface area is 111 Å². The van der Waals surface area contributed by atoms with Gasteiger partial charge in [0.05, 0.1) is 5.56 Å². The molecule has 0 radical (unpaired) electrons. The number of hydrogen-bond donors (Lipinski definition) is 2. The molecule has 0 saturated heterocycles. The van der Waals surface area contributed by atoms with E-state index in [1.165, 1.54) is 12.1 Å². The average molecular weight is 261 g/mol. The van der Waals surface area contributed by atoms with E-state index in [2.05, 4.69) is 10.6 Å². The summed E-state index contributed by atoms with van der Waals surface area (Å²) in [5, 5.41) is 14.7. The van der Waals surface area contributed by atoms with Gasteiger partial charge in [-0.15, -0.1) is 0 Å². The number of nitriles is 1. The normalized spacial score (nSPS) is 13.9. The third-order valence-electron chi connectivity index (χ3n) is 2.95. The topological polar surface area (TPSA) is 64.9 Å². The van der Waals surface area contributed by atoms with E-state index in [1.807, 2.05) is 0 Å². The van der Waals surface area contributed by atoms with Crippen LogP contribution in [0.4, 0.5) is 4.39 Å². The lowest BCUT2D eigenvalue weighted by Gasteiger charge is -2.06. The Kier molecular flexibility index (Phi) is 4.48. The summed E-state index contributed by atoms with van der Waals surface area (Å²) in [6.07, 6.45) is 2.61. The van der Waals surface area contributed by atoms with Crippen molar-refractivity contribution in [2.75, 3.05) is 6.54 Å². The summed E-state index contributed by atoms with van der Waals surface area (Å²) in [6.45, 7) is 1.09. The summed E-state index contributed by atoms with van der Waals surface area (Å²) in [5.41, 5.74) is 0.881. The largest absolute Gasteiger partial charge is 0.353 e. The molecule has 0 spiro atoms. The van der Waals surface area contributed by atoms with Gasteiger partial charge in [-0.3, -0.25) is 4.79 Å². The lowest BCUT2D eigenvalue weighted by molar-refractivity contribution is -0.121. The number of carbonyl (C=O) groups excluding carboxylic acids is 1. The fourth-order valence-electron chi connectivity index (χ4n) is 1.73. The van der Waals surface area contributed by atoms with Gasteiger partial charge < -0.3 is 10.6 Å². The number of halogens is 1. The van der Waals surface area contributed by atoms with Crippen LogP contribution in [-0.2, 0) is 11.3 Å². The van der Waals surface area contributed by atoms with E-state index in [1.54, 1.807) is 12.1 Å². The Hall–Kier alpha value is -1.93. The minimum absolute atomic E-state index is 0.0470. The van der Waals surface area contributed by atoms with Gasteiger partial charge >= 0.3 is 0 Å². The Morgan fingerprint density at radius 2 is 2.26 bits per heavy atom. The molecule has 0 aromatic heterocycles. The maximum atomic E-state index is 13.1. The van der Waals surface area contributed by atoms with E-state index < -0.39 is 5.82 Å². The van der Waals surface area contributed by atoms with Crippen LogP contribution in [0.15, 0.2) is 18.2 Å². The summed E-state index contributed by atoms with van der Waals surface area (Å²) < 4.78 is 13.1. The highest BCUT2D eigenvalue weighted by atomic mass is 19.1. The highest BCUT2D eigenvalue weighted by Crippen LogP contribution is 2.18. The van der Waals surface area contributed by atoms with Gasteiger partial charge in [-0.1, -0.05) is 6.07 Å². The Morgan fingerprint density at radius 1 is 1.47 bits per heavy atom. The maximum Gasteiger partial charge on any atom is 0.221 e. The van der Waals surface area contributed by atoms with Crippen LogP contribution in [0.3, 0.4) is 0 Å². The first-order valence-electron chi connectivity index (χ1n) is 6.37. The predicted octanol–water partition coefficient (Wildman–Crippen LogP) is 1.46. The second-order valence-corrected chi connectivity index (χ2v) is 4.69. The Bertz CT molecular complexity index is 506. The summed E-state index contributed by atoms with van der Waals surface area (Å²) in [4.78, 5) is 11.4. The SMILES string of the molecule is N#Cc1cc(CNCCC(=O)NC2CC2)ccc1F. The van der Waals surface area contributed by atoms with Crippen LogP contribution in [0.2, 0.25) is 0 Å². The summed E-state index contributed by atoms with van der Waals surface area (Å²) >= 11 is 0. The molecular weight excluding hydrogens is 245 g/mol. The summed E-state index contributed by atoms with van der Waals surface area (Å²) in [6, 6.07) is 6.64. The van der Waals surface area contributed by atoms with E-state index in [0.29, 0.717) is 25.6 Å². The Morgan fingerprint density at radius 3 is 2.95 bits per heavy atom. The van der Waals surface area contributed by atoms with Crippen molar-refractivity contribution in [3.63, 3.8) is 0 Å². The van der Waals surface area contributed by atoms with Gasteiger partial charge in [-0.25, -0.2) is 4.39 Å². The van der Waals surface area contributed by atoms with Crippen LogP contribution in [0.1, 0.15) is 30.4 Å². The van der Waals surface area contributed by atoms with E-state index in [0.717, 1.165) is 18.4 Å². The molecule has 2 N–H and O–H groups in total. The van der Waals surface area contributed by atoms with Gasteiger partial charge in [0.25, 0.3) is 0 Å². The van der Waals surface area contributed by atoms with E-state index >= 15 is 0 Å². The summed E-state index contributed by atoms with van der Waals surface area (Å²) in [5.74, 6) is -0.443. The molecule has 100 valence electrons. The van der Waals surface area contributed by atoms with Crippen LogP contribution in [-0.4, -0.2) is 18.5 Å². The first-order chi connectivity index (χ1) is 9.19. The first-order valence-corrected chi connectivity index (χ1v) is 6.37. The molecule has 1 saturated carbocycles. The summed E-state index contributed by atoms with van der Waals surface area (Å²) in [7, 11) is 0. The van der Waals surface area contributed by atoms with Crippen LogP contribution < -0.4 is 10.6 Å². The molecule has 1 aliphatic rings. The molecule has 1 aliphatic carbocycles. The fourth-order valence-corrected chi connectivity index (χ4v) is 1.73. The van der Waals surface area contributed by atoms with Crippen LogP contribution >= 0.6 is 0 Å². The molecule has 5 heteroatoms. The predicted molar refractivity (Wildman–Crippen MR) is 68.6 cm³/mol. The maximum absolute atomic E-state index is 13.1. The average Bonchev–Trinajstić information content (AvgIpc) is 3.20. The first kappa shape index (κ1) is 13.5. The molecule has 19 heavy (non-hydrogen) atoms. The van der Waals surface area contributed by atoms with Crippen LogP contribution in [0.25, 0.3) is 0 Å². The number of nitrogens with zero attached hydrogens (tertiary/aromatic N) is 1. The minimum Gasteiger partial charge on any atom is -0.353 e. The minimum atomic E-state index is -0.505. The highest BCUT2D eigenvalue weighted by Gasteiger charge is 2.22. The van der Waals surface area contributed by atoms with Crippen molar-refractivity contribution in [1.29, 1.82) is 5.26 Å². The number of carbonyl (C=O) groups is 1. The molecular formula is C14H16FN3O. The third-order valence-corrected chi connectivity index (χ3v) is 2.95. The lowest BCUT2D eigenvalue weighted by atomic mass is 10.1. The highest BCUT2D eigenvalue weighted by molar-refractivity contribution is 5.76. The van der Waals surface area contributed by atoms with Crippen molar-refractivity contribution in [2.45, 2.75) is 31.8 Å². The van der Waals surface area contributed by atoms with Crippen molar-refractivity contribution < 1.29 is 9.18 Å². The molecule has 0 atom stereocenters. The molecule has 0 bridgehead atoms. The van der Waals surface area contributed by atoms with Crippen LogP contribution in [0.5, 0.6) is 0 Å². The van der Waals surface area contributed by atoms with Crippen molar-refractivity contribution >= 4 is 5.91 Å². The Balaban J connectivity index is 1.70. The quantitative estimate of drug-likeness (QED) is 0.762. The molecule has 2 rings (SSSR count). The number of rotatable bonds is 6. The van der Waals surface area contributed by atoms with E-state index in [-0.39, 0.29) is 11.5 Å². The molecule has 1 aromatic carbocycles. The molecule has 0 heterocycles. The monoisotopic (exact) mass is 261 g/mol. The molecule has 1 aromatic rings. The molecule has 0 unspecified atom stereocenters. The molecule has 4 nitrogen and oxygen atoms in total. The van der Waals surface area contributed by atoms with Crippen molar-refractivity contribution in [1.82, 2.24) is 10.6 Å². The number of amides is 1. The zero-order valence-corrected chi connectivity index (χ0v) is 10.6. The molecule has 1 fully saturated rings. The van der Waals surface area contributed by atoms with Gasteiger partial charge in [0.2, 0.25) is 5.91 Å². The second-order valence-electron chi connectivity index (χ2n) is 4.69. The fraction of sp³-hybridized carbons (Fsp3) is 0.429. The van der Waals surface area contributed by atoms with Gasteiger partial charge in [0.1, 0.15) is 11.9 Å². The standard InChI is InChI=1S/C14H16FN3O/c15-13-4-1-10(7-11(13)8-16)9-17-6-5-14(19)18-12-2-3-12/h1,4,7,12,17H,2-3,5-6,9H2,(H,18,19). The lowest BCUT2D eigenvalue weighted by Crippen LogP contribution is -2.29. The number of benzene rings is 1. The van der Waals surface area contributed by atoms with E-state index in [4.69, 9.17) is 5.26 Å².